The Bertz CT molecular complexity index is 446. The van der Waals surface area contributed by atoms with Crippen LogP contribution in [0.15, 0.2) is 18.2 Å². The quantitative estimate of drug-likeness (QED) is 0.786. The SMILES string of the molecule is O=C(NCCO)c1ccc(F)c(COCC2CC2)c1. The number of carbonyl (C=O) groups is 1. The number of nitrogens with one attached hydrogen (secondary N) is 1. The first-order valence-electron chi connectivity index (χ1n) is 6.46. The van der Waals surface area contributed by atoms with Crippen LogP contribution in [0.25, 0.3) is 0 Å². The molecule has 0 spiro atoms. The summed E-state index contributed by atoms with van der Waals surface area (Å²) in [5.74, 6) is -0.0638. The van der Waals surface area contributed by atoms with E-state index in [9.17, 15) is 9.18 Å². The zero-order valence-electron chi connectivity index (χ0n) is 10.7. The van der Waals surface area contributed by atoms with Crippen LogP contribution in [0.2, 0.25) is 0 Å². The van der Waals surface area contributed by atoms with Crippen LogP contribution in [0, 0.1) is 11.7 Å². The van der Waals surface area contributed by atoms with Crippen LogP contribution in [0.3, 0.4) is 0 Å². The molecule has 1 fully saturated rings. The fraction of sp³-hybridized carbons (Fsp3) is 0.500. The van der Waals surface area contributed by atoms with Gasteiger partial charge in [-0.1, -0.05) is 0 Å². The Hall–Kier alpha value is -1.46. The van der Waals surface area contributed by atoms with Crippen LogP contribution in [0.1, 0.15) is 28.8 Å². The molecule has 19 heavy (non-hydrogen) atoms. The molecule has 5 heteroatoms. The minimum atomic E-state index is -0.366. The molecule has 0 saturated heterocycles. The summed E-state index contributed by atoms with van der Waals surface area (Å²) >= 11 is 0. The monoisotopic (exact) mass is 267 g/mol. The van der Waals surface area contributed by atoms with E-state index in [4.69, 9.17) is 9.84 Å². The molecule has 0 unspecified atom stereocenters. The first-order chi connectivity index (χ1) is 9.20. The third-order valence-electron chi connectivity index (χ3n) is 3.01. The van der Waals surface area contributed by atoms with Crippen molar-refractivity contribution in [2.24, 2.45) is 5.92 Å². The normalized spacial score (nSPS) is 14.4. The van der Waals surface area contributed by atoms with Crippen LogP contribution in [-0.4, -0.2) is 30.8 Å². The molecule has 1 amide bonds. The number of halogens is 1. The lowest BCUT2D eigenvalue weighted by molar-refractivity contribution is 0.0943. The van der Waals surface area contributed by atoms with Crippen molar-refractivity contribution in [3.63, 3.8) is 0 Å². The molecule has 0 atom stereocenters. The van der Waals surface area contributed by atoms with E-state index < -0.39 is 0 Å². The average molecular weight is 267 g/mol. The van der Waals surface area contributed by atoms with Crippen molar-refractivity contribution in [2.45, 2.75) is 19.4 Å². The molecule has 1 aliphatic carbocycles. The van der Waals surface area contributed by atoms with Crippen molar-refractivity contribution < 1.29 is 19.0 Å². The molecule has 104 valence electrons. The maximum atomic E-state index is 13.6. The van der Waals surface area contributed by atoms with Gasteiger partial charge >= 0.3 is 0 Å². The van der Waals surface area contributed by atoms with Crippen LogP contribution in [-0.2, 0) is 11.3 Å². The number of rotatable bonds is 7. The smallest absolute Gasteiger partial charge is 0.251 e. The summed E-state index contributed by atoms with van der Waals surface area (Å²) in [6, 6.07) is 4.19. The molecule has 1 aromatic carbocycles. The van der Waals surface area contributed by atoms with Crippen molar-refractivity contribution in [1.82, 2.24) is 5.32 Å². The number of benzene rings is 1. The number of hydrogen-bond donors (Lipinski definition) is 2. The Kier molecular flexibility index (Phi) is 4.87. The van der Waals surface area contributed by atoms with E-state index in [1.165, 1.54) is 31.0 Å². The predicted molar refractivity (Wildman–Crippen MR) is 68.2 cm³/mol. The molecule has 1 saturated carbocycles. The van der Waals surface area contributed by atoms with Crippen molar-refractivity contribution in [2.75, 3.05) is 19.8 Å². The summed E-state index contributed by atoms with van der Waals surface area (Å²) in [7, 11) is 0. The molecule has 0 aromatic heterocycles. The van der Waals surface area contributed by atoms with Crippen molar-refractivity contribution in [3.05, 3.63) is 35.1 Å². The van der Waals surface area contributed by atoms with Crippen molar-refractivity contribution >= 4 is 5.91 Å². The molecule has 0 aliphatic heterocycles. The fourth-order valence-corrected chi connectivity index (χ4v) is 1.72. The van der Waals surface area contributed by atoms with Crippen LogP contribution in [0.4, 0.5) is 4.39 Å². The van der Waals surface area contributed by atoms with Crippen molar-refractivity contribution in [1.29, 1.82) is 0 Å². The largest absolute Gasteiger partial charge is 0.395 e. The van der Waals surface area contributed by atoms with E-state index in [2.05, 4.69) is 5.32 Å². The minimum Gasteiger partial charge on any atom is -0.395 e. The molecule has 0 heterocycles. The van der Waals surface area contributed by atoms with Gasteiger partial charge in [-0.15, -0.1) is 0 Å². The lowest BCUT2D eigenvalue weighted by atomic mass is 10.1. The summed E-state index contributed by atoms with van der Waals surface area (Å²) in [4.78, 5) is 11.7. The molecule has 4 nitrogen and oxygen atoms in total. The summed E-state index contributed by atoms with van der Waals surface area (Å²) in [5, 5.41) is 11.2. The standard InChI is InChI=1S/C14H18FNO3/c15-13-4-3-11(14(18)16-5-6-17)7-12(13)9-19-8-10-1-2-10/h3-4,7,10,17H,1-2,5-6,8-9H2,(H,16,18). The highest BCUT2D eigenvalue weighted by atomic mass is 19.1. The third kappa shape index (κ3) is 4.29. The van der Waals surface area contributed by atoms with E-state index in [0.717, 1.165) is 0 Å². The van der Waals surface area contributed by atoms with E-state index in [1.54, 1.807) is 0 Å². The molecular weight excluding hydrogens is 249 g/mol. The van der Waals surface area contributed by atoms with Gasteiger partial charge in [0.2, 0.25) is 0 Å². The van der Waals surface area contributed by atoms with Gasteiger partial charge in [0.1, 0.15) is 5.82 Å². The van der Waals surface area contributed by atoms with Crippen LogP contribution in [0.5, 0.6) is 0 Å². The maximum absolute atomic E-state index is 13.6. The Morgan fingerprint density at radius 3 is 2.95 bits per heavy atom. The zero-order valence-corrected chi connectivity index (χ0v) is 10.7. The predicted octanol–water partition coefficient (Wildman–Crippen LogP) is 1.47. The Morgan fingerprint density at radius 2 is 2.26 bits per heavy atom. The van der Waals surface area contributed by atoms with Gasteiger partial charge in [-0.25, -0.2) is 4.39 Å². The topological polar surface area (TPSA) is 58.6 Å². The second kappa shape index (κ2) is 6.63. The van der Waals surface area contributed by atoms with E-state index in [1.807, 2.05) is 0 Å². The maximum Gasteiger partial charge on any atom is 0.251 e. The number of aliphatic hydroxyl groups is 1. The lowest BCUT2D eigenvalue weighted by Gasteiger charge is -2.08. The van der Waals surface area contributed by atoms with Gasteiger partial charge in [0.25, 0.3) is 5.91 Å². The summed E-state index contributed by atoms with van der Waals surface area (Å²) in [6.45, 7) is 0.901. The second-order valence-electron chi connectivity index (χ2n) is 4.74. The van der Waals surface area contributed by atoms with Crippen LogP contribution >= 0.6 is 0 Å². The molecule has 2 N–H and O–H groups in total. The molecule has 0 radical (unpaired) electrons. The summed E-state index contributed by atoms with van der Waals surface area (Å²) in [6.07, 6.45) is 2.37. The molecule has 2 rings (SSSR count). The van der Waals surface area contributed by atoms with Gasteiger partial charge in [-0.05, 0) is 37.0 Å². The number of amides is 1. The van der Waals surface area contributed by atoms with Crippen molar-refractivity contribution in [3.8, 4) is 0 Å². The van der Waals surface area contributed by atoms with Gasteiger partial charge in [0.05, 0.1) is 13.2 Å². The zero-order chi connectivity index (χ0) is 13.7. The third-order valence-corrected chi connectivity index (χ3v) is 3.01. The van der Waals surface area contributed by atoms with E-state index >= 15 is 0 Å². The highest BCUT2D eigenvalue weighted by Crippen LogP contribution is 2.29. The lowest BCUT2D eigenvalue weighted by Crippen LogP contribution is -2.26. The van der Waals surface area contributed by atoms with Gasteiger partial charge in [0, 0.05) is 24.3 Å². The van der Waals surface area contributed by atoms with Crippen LogP contribution < -0.4 is 5.32 Å². The Morgan fingerprint density at radius 1 is 1.47 bits per heavy atom. The summed E-state index contributed by atoms with van der Waals surface area (Å²) < 4.78 is 19.0. The molecule has 1 aliphatic rings. The van der Waals surface area contributed by atoms with Gasteiger partial charge in [-0.3, -0.25) is 4.79 Å². The highest BCUT2D eigenvalue weighted by molar-refractivity contribution is 5.94. The minimum absolute atomic E-state index is 0.121. The van der Waals surface area contributed by atoms with Gasteiger partial charge in [0.15, 0.2) is 0 Å². The number of hydrogen-bond acceptors (Lipinski definition) is 3. The Balaban J connectivity index is 1.94. The van der Waals surface area contributed by atoms with E-state index in [-0.39, 0.29) is 31.5 Å². The molecular formula is C14H18FNO3. The summed E-state index contributed by atoms with van der Waals surface area (Å²) in [5.41, 5.74) is 0.761. The Labute approximate surface area is 111 Å². The highest BCUT2D eigenvalue weighted by Gasteiger charge is 2.21. The first kappa shape index (κ1) is 14.0. The number of aliphatic hydroxyl groups excluding tert-OH is 1. The first-order valence-corrected chi connectivity index (χ1v) is 6.46. The average Bonchev–Trinajstić information content (AvgIpc) is 3.22. The molecule has 1 aromatic rings. The molecule has 0 bridgehead atoms. The number of ether oxygens (including phenoxy) is 1. The number of carbonyl (C=O) groups excluding carboxylic acids is 1. The van der Waals surface area contributed by atoms with Gasteiger partial charge < -0.3 is 15.2 Å². The fourth-order valence-electron chi connectivity index (χ4n) is 1.72. The second-order valence-corrected chi connectivity index (χ2v) is 4.74. The van der Waals surface area contributed by atoms with Gasteiger partial charge in [-0.2, -0.15) is 0 Å². The van der Waals surface area contributed by atoms with E-state index in [0.29, 0.717) is 23.7 Å².